The molecule has 112 valence electrons. The highest BCUT2D eigenvalue weighted by atomic mass is 19.4. The third-order valence-corrected chi connectivity index (χ3v) is 2.06. The molecule has 1 rings (SSSR count). The molecule has 0 aromatic carbocycles. The van der Waals surface area contributed by atoms with Crippen molar-refractivity contribution < 1.29 is 22.7 Å². The lowest BCUT2D eigenvalue weighted by atomic mass is 10.4. The molecule has 7 nitrogen and oxygen atoms in total. The molecule has 0 bridgehead atoms. The Hall–Kier alpha value is -2.10. The molecule has 1 heterocycles. The van der Waals surface area contributed by atoms with Gasteiger partial charge in [-0.25, -0.2) is 9.97 Å². The second kappa shape index (κ2) is 6.89. The molecule has 10 heteroatoms. The number of nitrogens with two attached hydrogens (primary N) is 1. The fourth-order valence-corrected chi connectivity index (χ4v) is 1.21. The molecule has 0 saturated heterocycles. The minimum Gasteiger partial charge on any atom is -0.384 e. The number of rotatable bonds is 6. The van der Waals surface area contributed by atoms with Crippen LogP contribution in [-0.2, 0) is 15.7 Å². The maximum Gasteiger partial charge on any atom is 0.451 e. The van der Waals surface area contributed by atoms with Crippen LogP contribution < -0.4 is 16.4 Å². The Bertz CT molecular complexity index is 467. The van der Waals surface area contributed by atoms with E-state index < -0.39 is 17.9 Å². The van der Waals surface area contributed by atoms with Crippen LogP contribution in [0, 0.1) is 0 Å². The number of hydrogen-bond acceptors (Lipinski definition) is 6. The quantitative estimate of drug-likeness (QED) is 0.650. The Morgan fingerprint density at radius 2 is 2.15 bits per heavy atom. The minimum atomic E-state index is -4.70. The number of alkyl halides is 3. The first-order valence-electron chi connectivity index (χ1n) is 5.54. The van der Waals surface area contributed by atoms with E-state index in [9.17, 15) is 18.0 Å². The first kappa shape index (κ1) is 16.0. The maximum absolute atomic E-state index is 12.5. The predicted octanol–water partition coefficient (Wildman–Crippen LogP) is 0.252. The summed E-state index contributed by atoms with van der Waals surface area (Å²) in [5, 5.41) is 4.93. The smallest absolute Gasteiger partial charge is 0.384 e. The standard InChI is InChI=1S/C10H14F3N5O2/c1-20-3-2-15-8(19)5-16-7-4-6(14)17-9(18-7)10(11,12)13/h4H,2-3,5H2,1H3,(H,15,19)(H3,14,16,17,18). The van der Waals surface area contributed by atoms with Gasteiger partial charge in [0.05, 0.1) is 13.2 Å². The molecule has 0 aliphatic rings. The summed E-state index contributed by atoms with van der Waals surface area (Å²) in [6.07, 6.45) is -4.70. The molecule has 20 heavy (non-hydrogen) atoms. The van der Waals surface area contributed by atoms with E-state index >= 15 is 0 Å². The zero-order chi connectivity index (χ0) is 15.2. The van der Waals surface area contributed by atoms with Gasteiger partial charge >= 0.3 is 6.18 Å². The van der Waals surface area contributed by atoms with Gasteiger partial charge in [-0.1, -0.05) is 0 Å². The largest absolute Gasteiger partial charge is 0.451 e. The molecule has 0 aliphatic carbocycles. The Morgan fingerprint density at radius 1 is 1.45 bits per heavy atom. The predicted molar refractivity (Wildman–Crippen MR) is 64.8 cm³/mol. The molecule has 0 fully saturated rings. The van der Waals surface area contributed by atoms with Crippen molar-refractivity contribution in [1.82, 2.24) is 15.3 Å². The average Bonchev–Trinajstić information content (AvgIpc) is 2.35. The molecular formula is C10H14F3N5O2. The van der Waals surface area contributed by atoms with Crippen molar-refractivity contribution in [1.29, 1.82) is 0 Å². The van der Waals surface area contributed by atoms with Crippen LogP contribution >= 0.6 is 0 Å². The van der Waals surface area contributed by atoms with Crippen LogP contribution in [0.4, 0.5) is 24.8 Å². The number of nitrogens with zero attached hydrogens (tertiary/aromatic N) is 2. The fourth-order valence-electron chi connectivity index (χ4n) is 1.21. The van der Waals surface area contributed by atoms with Crippen LogP contribution in [0.3, 0.4) is 0 Å². The van der Waals surface area contributed by atoms with Crippen molar-refractivity contribution in [3.05, 3.63) is 11.9 Å². The van der Waals surface area contributed by atoms with Crippen LogP contribution in [0.1, 0.15) is 5.82 Å². The maximum atomic E-state index is 12.5. The second-order valence-electron chi connectivity index (χ2n) is 3.70. The van der Waals surface area contributed by atoms with Crippen LogP contribution in [0.5, 0.6) is 0 Å². The van der Waals surface area contributed by atoms with Crippen LogP contribution in [-0.4, -0.2) is 42.7 Å². The molecule has 1 aromatic rings. The van der Waals surface area contributed by atoms with Gasteiger partial charge in [0.1, 0.15) is 11.6 Å². The monoisotopic (exact) mass is 293 g/mol. The summed E-state index contributed by atoms with van der Waals surface area (Å²) in [7, 11) is 1.48. The number of anilines is 2. The first-order valence-corrected chi connectivity index (χ1v) is 5.54. The minimum absolute atomic E-state index is 0.174. The van der Waals surface area contributed by atoms with Crippen LogP contribution in [0.25, 0.3) is 0 Å². The third kappa shape index (κ3) is 5.26. The Kier molecular flexibility index (Phi) is 5.50. The van der Waals surface area contributed by atoms with E-state index in [-0.39, 0.29) is 18.2 Å². The zero-order valence-electron chi connectivity index (χ0n) is 10.6. The molecule has 1 amide bonds. The third-order valence-electron chi connectivity index (χ3n) is 2.06. The van der Waals surface area contributed by atoms with E-state index in [2.05, 4.69) is 20.6 Å². The Morgan fingerprint density at radius 3 is 2.75 bits per heavy atom. The number of amides is 1. The van der Waals surface area contributed by atoms with E-state index in [0.717, 1.165) is 6.07 Å². The van der Waals surface area contributed by atoms with Crippen molar-refractivity contribution in [3.63, 3.8) is 0 Å². The van der Waals surface area contributed by atoms with Crippen molar-refractivity contribution in [2.45, 2.75) is 6.18 Å². The number of aromatic nitrogens is 2. The molecule has 0 aliphatic heterocycles. The van der Waals surface area contributed by atoms with Gasteiger partial charge in [0, 0.05) is 19.7 Å². The number of hydrogen-bond donors (Lipinski definition) is 3. The Labute approximate surface area is 112 Å². The Balaban J connectivity index is 2.60. The van der Waals surface area contributed by atoms with Gasteiger partial charge in [0.25, 0.3) is 0 Å². The van der Waals surface area contributed by atoms with Gasteiger partial charge < -0.3 is 21.1 Å². The van der Waals surface area contributed by atoms with Gasteiger partial charge in [-0.15, -0.1) is 0 Å². The van der Waals surface area contributed by atoms with Crippen molar-refractivity contribution in [2.24, 2.45) is 0 Å². The lowest BCUT2D eigenvalue weighted by Gasteiger charge is -2.10. The van der Waals surface area contributed by atoms with Gasteiger partial charge in [-0.05, 0) is 0 Å². The molecule has 0 atom stereocenters. The van der Waals surface area contributed by atoms with Crippen molar-refractivity contribution >= 4 is 17.5 Å². The summed E-state index contributed by atoms with van der Waals surface area (Å²) in [5.74, 6) is -2.28. The average molecular weight is 293 g/mol. The molecule has 0 spiro atoms. The molecule has 1 aromatic heterocycles. The van der Waals surface area contributed by atoms with Gasteiger partial charge in [0.15, 0.2) is 0 Å². The number of carbonyl (C=O) groups is 1. The number of ether oxygens (including phenoxy) is 1. The summed E-state index contributed by atoms with van der Waals surface area (Å²) in [6.45, 7) is 0.401. The highest BCUT2D eigenvalue weighted by Gasteiger charge is 2.35. The zero-order valence-corrected chi connectivity index (χ0v) is 10.6. The molecular weight excluding hydrogens is 279 g/mol. The van der Waals surface area contributed by atoms with E-state index in [1.54, 1.807) is 0 Å². The number of nitrogen functional groups attached to an aromatic ring is 1. The SMILES string of the molecule is COCCNC(=O)CNc1cc(N)nc(C(F)(F)F)n1. The number of nitrogens with one attached hydrogen (secondary N) is 2. The summed E-state index contributed by atoms with van der Waals surface area (Å²) < 4.78 is 42.1. The lowest BCUT2D eigenvalue weighted by Crippen LogP contribution is -2.32. The molecule has 0 radical (unpaired) electrons. The summed E-state index contributed by atoms with van der Waals surface area (Å²) in [4.78, 5) is 17.7. The van der Waals surface area contributed by atoms with Gasteiger partial charge in [-0.3, -0.25) is 4.79 Å². The van der Waals surface area contributed by atoms with Crippen LogP contribution in [0.2, 0.25) is 0 Å². The molecule has 0 saturated carbocycles. The van der Waals surface area contributed by atoms with Crippen molar-refractivity contribution in [2.75, 3.05) is 37.9 Å². The van der Waals surface area contributed by atoms with Crippen LogP contribution in [0.15, 0.2) is 6.07 Å². The fraction of sp³-hybridized carbons (Fsp3) is 0.500. The van der Waals surface area contributed by atoms with Crippen molar-refractivity contribution in [3.8, 4) is 0 Å². The number of carbonyl (C=O) groups excluding carboxylic acids is 1. The summed E-state index contributed by atoms with van der Waals surface area (Å²) in [5.41, 5.74) is 5.25. The van der Waals surface area contributed by atoms with E-state index in [0.29, 0.717) is 13.2 Å². The van der Waals surface area contributed by atoms with Gasteiger partial charge in [0.2, 0.25) is 11.7 Å². The van der Waals surface area contributed by atoms with E-state index in [1.165, 1.54) is 7.11 Å². The number of methoxy groups -OCH3 is 1. The van der Waals surface area contributed by atoms with E-state index in [4.69, 9.17) is 10.5 Å². The number of halogens is 3. The molecule has 0 unspecified atom stereocenters. The molecule has 4 N–H and O–H groups in total. The highest BCUT2D eigenvalue weighted by Crippen LogP contribution is 2.27. The van der Waals surface area contributed by atoms with Gasteiger partial charge in [-0.2, -0.15) is 13.2 Å². The topological polar surface area (TPSA) is 102 Å². The second-order valence-corrected chi connectivity index (χ2v) is 3.70. The normalized spacial score (nSPS) is 11.2. The summed E-state index contributed by atoms with van der Waals surface area (Å²) >= 11 is 0. The lowest BCUT2D eigenvalue weighted by molar-refractivity contribution is -0.144. The first-order chi connectivity index (χ1) is 9.32. The highest BCUT2D eigenvalue weighted by molar-refractivity contribution is 5.80. The van der Waals surface area contributed by atoms with E-state index in [1.807, 2.05) is 0 Å². The summed E-state index contributed by atoms with van der Waals surface area (Å²) in [6, 6.07) is 1.11.